The summed E-state index contributed by atoms with van der Waals surface area (Å²) in [6.07, 6.45) is 4.99. The van der Waals surface area contributed by atoms with Crippen LogP contribution in [0.4, 0.5) is 0 Å². The van der Waals surface area contributed by atoms with E-state index in [4.69, 9.17) is 0 Å². The number of carbonyl (C=O) groups excluding carboxylic acids is 2. The Morgan fingerprint density at radius 2 is 1.71 bits per heavy atom. The molecule has 1 aliphatic heterocycles. The normalized spacial score (nSPS) is 15.8. The first kappa shape index (κ1) is 23.0. The van der Waals surface area contributed by atoms with Gasteiger partial charge in [-0.2, -0.15) is 5.10 Å². The number of nitrogens with one attached hydrogen (secondary N) is 1. The maximum absolute atomic E-state index is 12.9. The van der Waals surface area contributed by atoms with Crippen molar-refractivity contribution in [2.75, 3.05) is 13.1 Å². The number of fused-ring (bicyclic) bond motifs is 2. The van der Waals surface area contributed by atoms with Crippen molar-refractivity contribution in [3.8, 4) is 0 Å². The van der Waals surface area contributed by atoms with Crippen molar-refractivity contribution >= 4 is 11.8 Å². The monoisotopic (exact) mass is 470 g/mol. The van der Waals surface area contributed by atoms with E-state index in [1.54, 1.807) is 6.07 Å². The van der Waals surface area contributed by atoms with Gasteiger partial charge in [0.25, 0.3) is 11.5 Å². The van der Waals surface area contributed by atoms with Crippen LogP contribution in [0.3, 0.4) is 0 Å². The van der Waals surface area contributed by atoms with Crippen molar-refractivity contribution in [2.24, 2.45) is 0 Å². The highest BCUT2D eigenvalue weighted by atomic mass is 16.2. The molecule has 2 aromatic carbocycles. The lowest BCUT2D eigenvalue weighted by Gasteiger charge is -2.24. The fourth-order valence-corrected chi connectivity index (χ4v) is 5.06. The second-order valence-electron chi connectivity index (χ2n) is 9.43. The van der Waals surface area contributed by atoms with E-state index in [2.05, 4.69) is 10.4 Å². The summed E-state index contributed by atoms with van der Waals surface area (Å²) in [5.74, 6) is -0.311. The Balaban J connectivity index is 1.27. The number of hydrogen-bond donors (Lipinski definition) is 1. The molecule has 7 nitrogen and oxygen atoms in total. The third kappa shape index (κ3) is 5.19. The van der Waals surface area contributed by atoms with Crippen molar-refractivity contribution in [3.63, 3.8) is 0 Å². The molecule has 0 fully saturated rings. The fourth-order valence-electron chi connectivity index (χ4n) is 5.06. The lowest BCUT2D eigenvalue weighted by atomic mass is 9.98. The van der Waals surface area contributed by atoms with Crippen molar-refractivity contribution < 1.29 is 9.59 Å². The van der Waals surface area contributed by atoms with E-state index in [9.17, 15) is 14.4 Å². The van der Waals surface area contributed by atoms with E-state index in [-0.39, 0.29) is 29.8 Å². The number of aromatic nitrogens is 2. The minimum absolute atomic E-state index is 0.0218. The number of carbonyl (C=O) groups is 2. The molecule has 1 unspecified atom stereocenters. The van der Waals surface area contributed by atoms with Gasteiger partial charge in [0.2, 0.25) is 5.91 Å². The average molecular weight is 471 g/mol. The number of rotatable bonds is 7. The summed E-state index contributed by atoms with van der Waals surface area (Å²) in [7, 11) is 0. The molecule has 0 saturated heterocycles. The van der Waals surface area contributed by atoms with E-state index in [1.807, 2.05) is 59.5 Å². The quantitative estimate of drug-likeness (QED) is 0.538. The summed E-state index contributed by atoms with van der Waals surface area (Å²) in [6, 6.07) is 19.2. The first-order chi connectivity index (χ1) is 17.1. The van der Waals surface area contributed by atoms with Crippen LogP contribution in [0, 0.1) is 0 Å². The molecule has 1 aromatic heterocycles. The Kier molecular flexibility index (Phi) is 6.75. The summed E-state index contributed by atoms with van der Waals surface area (Å²) in [5, 5.41) is 7.49. The van der Waals surface area contributed by atoms with Gasteiger partial charge in [0.05, 0.1) is 5.69 Å². The molecule has 0 bridgehead atoms. The third-order valence-corrected chi connectivity index (χ3v) is 6.97. The van der Waals surface area contributed by atoms with Gasteiger partial charge in [-0.1, -0.05) is 55.0 Å². The van der Waals surface area contributed by atoms with Gasteiger partial charge in [0, 0.05) is 37.2 Å². The molecule has 3 aromatic rings. The molecule has 1 aliphatic carbocycles. The molecular formula is C28H30N4O3. The van der Waals surface area contributed by atoms with Crippen LogP contribution < -0.4 is 10.9 Å². The number of nitrogens with zero attached hydrogens (tertiary/aromatic N) is 3. The van der Waals surface area contributed by atoms with Gasteiger partial charge < -0.3 is 10.2 Å². The van der Waals surface area contributed by atoms with Crippen LogP contribution in [-0.2, 0) is 30.7 Å². The number of aryl methyl sites for hydroxylation is 2. The Hall–Kier alpha value is -3.74. The van der Waals surface area contributed by atoms with E-state index in [0.29, 0.717) is 19.6 Å². The second kappa shape index (κ2) is 10.3. The highest BCUT2D eigenvalue weighted by molar-refractivity contribution is 5.98. The molecule has 2 aliphatic rings. The number of benzene rings is 2. The molecule has 0 radical (unpaired) electrons. The molecule has 5 rings (SSSR count). The van der Waals surface area contributed by atoms with Crippen molar-refractivity contribution in [1.29, 1.82) is 0 Å². The van der Waals surface area contributed by atoms with Gasteiger partial charge in [0.1, 0.15) is 6.54 Å². The van der Waals surface area contributed by atoms with E-state index in [1.165, 1.54) is 4.68 Å². The zero-order valence-electron chi connectivity index (χ0n) is 19.8. The van der Waals surface area contributed by atoms with E-state index >= 15 is 0 Å². The van der Waals surface area contributed by atoms with Crippen LogP contribution in [0.25, 0.3) is 0 Å². The summed E-state index contributed by atoms with van der Waals surface area (Å²) < 4.78 is 1.28. The first-order valence-corrected chi connectivity index (χ1v) is 12.4. The molecule has 2 amide bonds. The van der Waals surface area contributed by atoms with Crippen LogP contribution in [0.5, 0.6) is 0 Å². The van der Waals surface area contributed by atoms with Crippen LogP contribution in [0.15, 0.2) is 65.5 Å². The maximum atomic E-state index is 12.9. The number of hydrogen-bond acceptors (Lipinski definition) is 4. The average Bonchev–Trinajstić information content (AvgIpc) is 3.02. The molecule has 0 saturated carbocycles. The van der Waals surface area contributed by atoms with Crippen LogP contribution in [0.2, 0.25) is 0 Å². The SMILES string of the molecule is O=C(Cn1nc2c(cc1=O)CCCCC2)NCC(CN1Cc2ccccc2C1=O)c1ccccc1. The topological polar surface area (TPSA) is 84.3 Å². The first-order valence-electron chi connectivity index (χ1n) is 12.4. The zero-order valence-corrected chi connectivity index (χ0v) is 19.8. The third-order valence-electron chi connectivity index (χ3n) is 6.97. The number of amides is 2. The Morgan fingerprint density at radius 1 is 0.943 bits per heavy atom. The van der Waals surface area contributed by atoms with Gasteiger partial charge in [-0.3, -0.25) is 14.4 Å². The Labute approximate surface area is 204 Å². The van der Waals surface area contributed by atoms with Gasteiger partial charge in [-0.15, -0.1) is 0 Å². The minimum Gasteiger partial charge on any atom is -0.354 e. The second-order valence-corrected chi connectivity index (χ2v) is 9.43. The van der Waals surface area contributed by atoms with Gasteiger partial charge in [-0.05, 0) is 48.4 Å². The summed E-state index contributed by atoms with van der Waals surface area (Å²) in [4.78, 5) is 40.1. The smallest absolute Gasteiger partial charge is 0.267 e. The van der Waals surface area contributed by atoms with Crippen molar-refractivity contribution in [2.45, 2.75) is 51.1 Å². The lowest BCUT2D eigenvalue weighted by molar-refractivity contribution is -0.122. The molecule has 2 heterocycles. The summed E-state index contributed by atoms with van der Waals surface area (Å²) in [5.41, 5.74) is 4.55. The van der Waals surface area contributed by atoms with Crippen LogP contribution in [0.1, 0.15) is 57.9 Å². The lowest BCUT2D eigenvalue weighted by Crippen LogP contribution is -2.39. The molecule has 180 valence electrons. The van der Waals surface area contributed by atoms with Crippen molar-refractivity contribution in [1.82, 2.24) is 20.0 Å². The van der Waals surface area contributed by atoms with Gasteiger partial charge in [-0.25, -0.2) is 4.68 Å². The molecule has 35 heavy (non-hydrogen) atoms. The molecular weight excluding hydrogens is 440 g/mol. The minimum atomic E-state index is -0.259. The molecule has 0 spiro atoms. The summed E-state index contributed by atoms with van der Waals surface area (Å²) >= 11 is 0. The van der Waals surface area contributed by atoms with Crippen LogP contribution in [-0.4, -0.2) is 39.6 Å². The van der Waals surface area contributed by atoms with E-state index in [0.717, 1.165) is 60.1 Å². The van der Waals surface area contributed by atoms with Gasteiger partial charge >= 0.3 is 0 Å². The fraction of sp³-hybridized carbons (Fsp3) is 0.357. The van der Waals surface area contributed by atoms with Gasteiger partial charge in [0.15, 0.2) is 0 Å². The van der Waals surface area contributed by atoms with E-state index < -0.39 is 0 Å². The molecule has 1 atom stereocenters. The predicted molar refractivity (Wildman–Crippen MR) is 133 cm³/mol. The highest BCUT2D eigenvalue weighted by Gasteiger charge is 2.29. The predicted octanol–water partition coefficient (Wildman–Crippen LogP) is 3.07. The Morgan fingerprint density at radius 3 is 2.54 bits per heavy atom. The van der Waals surface area contributed by atoms with Crippen molar-refractivity contribution in [3.05, 3.63) is 99.0 Å². The summed E-state index contributed by atoms with van der Waals surface area (Å²) in [6.45, 7) is 1.32. The largest absolute Gasteiger partial charge is 0.354 e. The Bertz CT molecular complexity index is 1280. The van der Waals surface area contributed by atoms with Crippen LogP contribution >= 0.6 is 0 Å². The highest BCUT2D eigenvalue weighted by Crippen LogP contribution is 2.26. The maximum Gasteiger partial charge on any atom is 0.267 e. The standard InChI is InChI=1S/C28H30N4O3/c33-26(19-32-27(34)15-21-11-5-2-6-14-25(21)30-32)29-16-23(20-9-3-1-4-10-20)18-31-17-22-12-7-8-13-24(22)28(31)35/h1,3-4,7-10,12-13,15,23H,2,5-6,11,14,16-19H2,(H,29,33). The molecule has 1 N–H and O–H groups in total. The zero-order chi connectivity index (χ0) is 24.2. The molecule has 7 heteroatoms.